The summed E-state index contributed by atoms with van der Waals surface area (Å²) in [6.45, 7) is 6.24. The third-order valence-corrected chi connectivity index (χ3v) is 3.44. The van der Waals surface area contributed by atoms with Gasteiger partial charge in [-0.3, -0.25) is 5.01 Å². The molecule has 2 rings (SSSR count). The molecule has 0 aliphatic carbocycles. The highest BCUT2D eigenvalue weighted by Gasteiger charge is 2.21. The monoisotopic (exact) mass is 319 g/mol. The second-order valence-electron chi connectivity index (χ2n) is 6.43. The zero-order valence-electron chi connectivity index (χ0n) is 14.4. The van der Waals surface area contributed by atoms with Crippen LogP contribution in [0.2, 0.25) is 0 Å². The smallest absolute Gasteiger partial charge is 0.426 e. The standard InChI is InChI=1S/C17H25N3O3/c1-17(2,3)23-16(21)18-20-11-10-14(12-20)19(4)13-6-8-15(22-5)9-7-13/h6-9,12H,10-11H2,1-5H3,(H,18,21). The van der Waals surface area contributed by atoms with Crippen LogP contribution >= 0.6 is 0 Å². The van der Waals surface area contributed by atoms with Crippen LogP contribution in [0.3, 0.4) is 0 Å². The van der Waals surface area contributed by atoms with E-state index in [4.69, 9.17) is 9.47 Å². The quantitative estimate of drug-likeness (QED) is 0.924. The summed E-state index contributed by atoms with van der Waals surface area (Å²) < 4.78 is 10.4. The van der Waals surface area contributed by atoms with Crippen LogP contribution in [0.4, 0.5) is 10.5 Å². The first-order valence-corrected chi connectivity index (χ1v) is 7.63. The lowest BCUT2D eigenvalue weighted by Gasteiger charge is -2.23. The van der Waals surface area contributed by atoms with Gasteiger partial charge in [0.1, 0.15) is 11.4 Å². The van der Waals surface area contributed by atoms with Crippen molar-refractivity contribution >= 4 is 11.8 Å². The summed E-state index contributed by atoms with van der Waals surface area (Å²) in [6.07, 6.45) is 2.33. The minimum Gasteiger partial charge on any atom is -0.497 e. The van der Waals surface area contributed by atoms with Gasteiger partial charge >= 0.3 is 6.09 Å². The van der Waals surface area contributed by atoms with Gasteiger partial charge in [0.25, 0.3) is 0 Å². The van der Waals surface area contributed by atoms with Crippen molar-refractivity contribution in [1.82, 2.24) is 10.4 Å². The highest BCUT2D eigenvalue weighted by molar-refractivity contribution is 5.67. The average Bonchev–Trinajstić information content (AvgIpc) is 2.93. The maximum atomic E-state index is 11.8. The maximum absolute atomic E-state index is 11.8. The summed E-state index contributed by atoms with van der Waals surface area (Å²) in [5, 5.41) is 1.75. The number of hydrogen-bond donors (Lipinski definition) is 1. The molecule has 1 aromatic carbocycles. The van der Waals surface area contributed by atoms with Crippen molar-refractivity contribution in [3.8, 4) is 5.75 Å². The topological polar surface area (TPSA) is 54.0 Å². The van der Waals surface area contributed by atoms with E-state index >= 15 is 0 Å². The fraction of sp³-hybridized carbons (Fsp3) is 0.471. The number of nitrogens with one attached hydrogen (secondary N) is 1. The lowest BCUT2D eigenvalue weighted by molar-refractivity contribution is 0.0404. The van der Waals surface area contributed by atoms with Gasteiger partial charge in [-0.25, -0.2) is 10.2 Å². The van der Waals surface area contributed by atoms with Gasteiger partial charge in [-0.05, 0) is 45.0 Å². The van der Waals surface area contributed by atoms with Crippen LogP contribution in [0.15, 0.2) is 36.2 Å². The average molecular weight is 319 g/mol. The van der Waals surface area contributed by atoms with Crippen molar-refractivity contribution in [3.63, 3.8) is 0 Å². The number of hydrogen-bond acceptors (Lipinski definition) is 5. The number of methoxy groups -OCH3 is 1. The number of carbonyl (C=O) groups excluding carboxylic acids is 1. The molecule has 0 unspecified atom stereocenters. The summed E-state index contributed by atoms with van der Waals surface area (Å²) in [5.74, 6) is 0.829. The molecule has 6 nitrogen and oxygen atoms in total. The Morgan fingerprint density at radius 2 is 1.91 bits per heavy atom. The molecule has 0 atom stereocenters. The van der Waals surface area contributed by atoms with Gasteiger partial charge < -0.3 is 14.4 Å². The van der Waals surface area contributed by atoms with E-state index in [1.807, 2.05) is 58.3 Å². The minimum atomic E-state index is -0.504. The van der Waals surface area contributed by atoms with E-state index in [-0.39, 0.29) is 0 Å². The molecule has 1 aromatic rings. The van der Waals surface area contributed by atoms with E-state index in [1.54, 1.807) is 12.1 Å². The molecule has 23 heavy (non-hydrogen) atoms. The zero-order chi connectivity index (χ0) is 17.0. The van der Waals surface area contributed by atoms with E-state index in [0.29, 0.717) is 0 Å². The number of anilines is 1. The van der Waals surface area contributed by atoms with Gasteiger partial charge in [-0.1, -0.05) is 0 Å². The fourth-order valence-corrected chi connectivity index (χ4v) is 2.28. The van der Waals surface area contributed by atoms with Crippen molar-refractivity contribution in [2.24, 2.45) is 0 Å². The van der Waals surface area contributed by atoms with Crippen LogP contribution in [0.5, 0.6) is 5.75 Å². The normalized spacial score (nSPS) is 14.3. The van der Waals surface area contributed by atoms with Crippen LogP contribution in [0.25, 0.3) is 0 Å². The summed E-state index contributed by atoms with van der Waals surface area (Å²) in [6, 6.07) is 7.86. The summed E-state index contributed by atoms with van der Waals surface area (Å²) >= 11 is 0. The molecule has 0 saturated carbocycles. The summed E-state index contributed by atoms with van der Waals surface area (Å²) in [7, 11) is 3.66. The van der Waals surface area contributed by atoms with Crippen molar-refractivity contribution in [1.29, 1.82) is 0 Å². The Labute approximate surface area is 137 Å². The molecule has 1 aliphatic rings. The predicted molar refractivity (Wildman–Crippen MR) is 90.2 cm³/mol. The number of carbonyl (C=O) groups is 1. The molecular formula is C17H25N3O3. The van der Waals surface area contributed by atoms with Crippen molar-refractivity contribution in [2.75, 3.05) is 25.6 Å². The molecule has 1 amide bonds. The molecule has 0 fully saturated rings. The molecule has 6 heteroatoms. The third kappa shape index (κ3) is 4.81. The first-order valence-electron chi connectivity index (χ1n) is 7.63. The van der Waals surface area contributed by atoms with Gasteiger partial charge in [0.2, 0.25) is 0 Å². The van der Waals surface area contributed by atoms with Crippen LogP contribution in [0.1, 0.15) is 27.2 Å². The molecule has 1 heterocycles. The molecule has 0 bridgehead atoms. The Kier molecular flexibility index (Phi) is 5.03. The first kappa shape index (κ1) is 17.0. The lowest BCUT2D eigenvalue weighted by Crippen LogP contribution is -2.40. The van der Waals surface area contributed by atoms with E-state index in [1.165, 1.54) is 0 Å². The Balaban J connectivity index is 1.97. The highest BCUT2D eigenvalue weighted by atomic mass is 16.6. The largest absolute Gasteiger partial charge is 0.497 e. The van der Waals surface area contributed by atoms with Crippen molar-refractivity contribution < 1.29 is 14.3 Å². The Morgan fingerprint density at radius 1 is 1.26 bits per heavy atom. The lowest BCUT2D eigenvalue weighted by atomic mass is 10.2. The van der Waals surface area contributed by atoms with Crippen LogP contribution in [-0.2, 0) is 4.74 Å². The zero-order valence-corrected chi connectivity index (χ0v) is 14.4. The second-order valence-corrected chi connectivity index (χ2v) is 6.43. The Bertz CT molecular complexity index is 576. The Hall–Kier alpha value is -2.37. The third-order valence-electron chi connectivity index (χ3n) is 3.44. The maximum Gasteiger partial charge on any atom is 0.426 e. The van der Waals surface area contributed by atoms with Gasteiger partial charge in [-0.2, -0.15) is 0 Å². The summed E-state index contributed by atoms with van der Waals surface area (Å²) in [4.78, 5) is 13.9. The second kappa shape index (κ2) is 6.81. The fourth-order valence-electron chi connectivity index (χ4n) is 2.28. The molecule has 0 radical (unpaired) electrons. The molecule has 126 valence electrons. The molecule has 0 aromatic heterocycles. The molecule has 1 aliphatic heterocycles. The van der Waals surface area contributed by atoms with E-state index in [9.17, 15) is 4.79 Å². The van der Waals surface area contributed by atoms with Gasteiger partial charge in [0, 0.05) is 37.6 Å². The van der Waals surface area contributed by atoms with Gasteiger partial charge in [0.15, 0.2) is 0 Å². The SMILES string of the molecule is COc1ccc(N(C)C2=CN(NC(=O)OC(C)(C)C)CC2)cc1. The van der Waals surface area contributed by atoms with E-state index in [2.05, 4.69) is 10.3 Å². The number of benzene rings is 1. The predicted octanol–water partition coefficient (Wildman–Crippen LogP) is 3.12. The van der Waals surface area contributed by atoms with Gasteiger partial charge in [-0.15, -0.1) is 0 Å². The number of nitrogens with zero attached hydrogens (tertiary/aromatic N) is 2. The first-order chi connectivity index (χ1) is 10.8. The number of rotatable bonds is 4. The molecular weight excluding hydrogens is 294 g/mol. The van der Waals surface area contributed by atoms with E-state index < -0.39 is 11.7 Å². The van der Waals surface area contributed by atoms with Crippen LogP contribution in [-0.4, -0.2) is 37.4 Å². The molecule has 0 spiro atoms. The highest BCUT2D eigenvalue weighted by Crippen LogP contribution is 2.25. The van der Waals surface area contributed by atoms with Gasteiger partial charge in [0.05, 0.1) is 7.11 Å². The number of ether oxygens (including phenoxy) is 2. The van der Waals surface area contributed by atoms with Crippen LogP contribution in [0, 0.1) is 0 Å². The minimum absolute atomic E-state index is 0.442. The van der Waals surface area contributed by atoms with E-state index in [0.717, 1.165) is 30.1 Å². The molecule has 1 N–H and O–H groups in total. The number of amides is 1. The number of hydrazine groups is 1. The van der Waals surface area contributed by atoms with Crippen LogP contribution < -0.4 is 15.1 Å². The van der Waals surface area contributed by atoms with Crippen molar-refractivity contribution in [3.05, 3.63) is 36.2 Å². The molecule has 0 saturated heterocycles. The van der Waals surface area contributed by atoms with Crippen molar-refractivity contribution in [2.45, 2.75) is 32.8 Å². The Morgan fingerprint density at radius 3 is 2.48 bits per heavy atom. The summed E-state index contributed by atoms with van der Waals surface area (Å²) in [5.41, 5.74) is 4.42.